The molecular weight excluding hydrogens is 200 g/mol. The van der Waals surface area contributed by atoms with Crippen molar-refractivity contribution >= 4 is 11.6 Å². The van der Waals surface area contributed by atoms with Crippen LogP contribution in [-0.4, -0.2) is 11.6 Å². The van der Waals surface area contributed by atoms with Crippen LogP contribution < -0.4 is 0 Å². The third kappa shape index (κ3) is 1.74. The Balaban J connectivity index is 2.25. The maximum absolute atomic E-state index is 12.3. The maximum atomic E-state index is 12.3. The van der Waals surface area contributed by atoms with Gasteiger partial charge in [0.25, 0.3) is 0 Å². The third-order valence-electron chi connectivity index (χ3n) is 4.16. The number of allylic oxidation sites excluding steroid dienone is 1. The molecule has 0 unspecified atom stereocenters. The molecule has 2 nitrogen and oxygen atoms in total. The number of Topliss-reactive ketones (excluding diaryl/α,β-unsaturated/α-hetero) is 2. The Labute approximate surface area is 97.1 Å². The van der Waals surface area contributed by atoms with Gasteiger partial charge in [0, 0.05) is 12.8 Å². The largest absolute Gasteiger partial charge is 0.299 e. The van der Waals surface area contributed by atoms with Gasteiger partial charge >= 0.3 is 0 Å². The van der Waals surface area contributed by atoms with E-state index in [9.17, 15) is 9.59 Å². The second-order valence-electron chi connectivity index (χ2n) is 6.20. The van der Waals surface area contributed by atoms with Crippen molar-refractivity contribution in [3.63, 3.8) is 0 Å². The second-order valence-corrected chi connectivity index (χ2v) is 6.20. The zero-order chi connectivity index (χ0) is 12.0. The highest BCUT2D eigenvalue weighted by atomic mass is 16.2. The zero-order valence-electron chi connectivity index (χ0n) is 10.3. The SMILES string of the molecule is C=C1CCC2(CC1)C(=O)CC(C)(C)CC2=O. The van der Waals surface area contributed by atoms with Crippen molar-refractivity contribution < 1.29 is 9.59 Å². The van der Waals surface area contributed by atoms with Gasteiger partial charge in [-0.2, -0.15) is 0 Å². The van der Waals surface area contributed by atoms with Crippen molar-refractivity contribution in [2.75, 3.05) is 0 Å². The van der Waals surface area contributed by atoms with Crippen molar-refractivity contribution in [1.29, 1.82) is 0 Å². The lowest BCUT2D eigenvalue weighted by Crippen LogP contribution is -2.48. The minimum Gasteiger partial charge on any atom is -0.299 e. The number of ketones is 2. The Morgan fingerprint density at radius 1 is 1.00 bits per heavy atom. The first-order valence-corrected chi connectivity index (χ1v) is 6.09. The molecule has 0 bridgehead atoms. The third-order valence-corrected chi connectivity index (χ3v) is 4.16. The highest BCUT2D eigenvalue weighted by Crippen LogP contribution is 2.48. The Kier molecular flexibility index (Phi) is 2.56. The summed E-state index contributed by atoms with van der Waals surface area (Å²) in [7, 11) is 0. The highest BCUT2D eigenvalue weighted by molar-refractivity contribution is 6.09. The van der Waals surface area contributed by atoms with E-state index in [4.69, 9.17) is 0 Å². The number of carbonyl (C=O) groups is 2. The highest BCUT2D eigenvalue weighted by Gasteiger charge is 2.51. The van der Waals surface area contributed by atoms with Gasteiger partial charge in [0.15, 0.2) is 0 Å². The van der Waals surface area contributed by atoms with Gasteiger partial charge in [-0.3, -0.25) is 9.59 Å². The van der Waals surface area contributed by atoms with E-state index >= 15 is 0 Å². The molecule has 1 spiro atoms. The van der Waals surface area contributed by atoms with Gasteiger partial charge in [0.1, 0.15) is 11.6 Å². The Hall–Kier alpha value is -0.920. The zero-order valence-corrected chi connectivity index (χ0v) is 10.3. The van der Waals surface area contributed by atoms with Crippen LogP contribution in [0.25, 0.3) is 0 Å². The van der Waals surface area contributed by atoms with Gasteiger partial charge in [-0.1, -0.05) is 26.0 Å². The Morgan fingerprint density at radius 3 is 1.88 bits per heavy atom. The number of rotatable bonds is 0. The number of carbonyl (C=O) groups excluding carboxylic acids is 2. The van der Waals surface area contributed by atoms with E-state index in [0.29, 0.717) is 25.7 Å². The predicted octanol–water partition coefficient (Wildman–Crippen LogP) is 3.06. The van der Waals surface area contributed by atoms with E-state index in [-0.39, 0.29) is 17.0 Å². The summed E-state index contributed by atoms with van der Waals surface area (Å²) >= 11 is 0. The van der Waals surface area contributed by atoms with Gasteiger partial charge in [-0.15, -0.1) is 0 Å². The molecule has 2 rings (SSSR count). The average Bonchev–Trinajstić information content (AvgIpc) is 2.15. The van der Waals surface area contributed by atoms with Crippen LogP contribution in [0.1, 0.15) is 52.4 Å². The minimum absolute atomic E-state index is 0.131. The molecule has 88 valence electrons. The second kappa shape index (κ2) is 3.54. The molecule has 2 fully saturated rings. The molecule has 0 amide bonds. The van der Waals surface area contributed by atoms with Crippen molar-refractivity contribution in [1.82, 2.24) is 0 Å². The normalized spacial score (nSPS) is 28.5. The molecule has 0 aliphatic heterocycles. The fourth-order valence-corrected chi connectivity index (χ4v) is 3.01. The van der Waals surface area contributed by atoms with E-state index < -0.39 is 5.41 Å². The molecule has 0 radical (unpaired) electrons. The summed E-state index contributed by atoms with van der Waals surface area (Å²) in [5, 5.41) is 0. The molecule has 0 aromatic heterocycles. The summed E-state index contributed by atoms with van der Waals surface area (Å²) in [4.78, 5) is 24.5. The van der Waals surface area contributed by atoms with Crippen molar-refractivity contribution in [2.45, 2.75) is 52.4 Å². The fourth-order valence-electron chi connectivity index (χ4n) is 3.01. The standard InChI is InChI=1S/C14H20O2/c1-10-4-6-14(7-5-10)11(15)8-13(2,3)9-12(14)16/h1,4-9H2,2-3H3. The fraction of sp³-hybridized carbons (Fsp3) is 0.714. The van der Waals surface area contributed by atoms with Crippen LogP contribution in [0.5, 0.6) is 0 Å². The molecule has 0 saturated heterocycles. The van der Waals surface area contributed by atoms with E-state index in [1.54, 1.807) is 0 Å². The lowest BCUT2D eigenvalue weighted by atomic mass is 9.58. The van der Waals surface area contributed by atoms with Gasteiger partial charge in [0.05, 0.1) is 5.41 Å². The summed E-state index contributed by atoms with van der Waals surface area (Å²) in [6.45, 7) is 7.97. The van der Waals surface area contributed by atoms with Gasteiger partial charge in [0.2, 0.25) is 0 Å². The van der Waals surface area contributed by atoms with Crippen LogP contribution in [-0.2, 0) is 9.59 Å². The molecule has 2 saturated carbocycles. The molecule has 0 N–H and O–H groups in total. The van der Waals surface area contributed by atoms with E-state index in [0.717, 1.165) is 12.8 Å². The Morgan fingerprint density at radius 2 is 1.44 bits per heavy atom. The monoisotopic (exact) mass is 220 g/mol. The summed E-state index contributed by atoms with van der Waals surface area (Å²) < 4.78 is 0. The molecule has 0 heterocycles. The first-order valence-electron chi connectivity index (χ1n) is 6.09. The minimum atomic E-state index is -0.628. The van der Waals surface area contributed by atoms with E-state index in [2.05, 4.69) is 6.58 Å². The molecule has 2 aliphatic rings. The molecule has 2 aliphatic carbocycles. The van der Waals surface area contributed by atoms with E-state index in [1.807, 2.05) is 13.8 Å². The van der Waals surface area contributed by atoms with Crippen molar-refractivity contribution in [3.05, 3.63) is 12.2 Å². The van der Waals surface area contributed by atoms with Gasteiger partial charge in [-0.25, -0.2) is 0 Å². The molecule has 0 aromatic carbocycles. The smallest absolute Gasteiger partial charge is 0.146 e. The van der Waals surface area contributed by atoms with Crippen LogP contribution >= 0.6 is 0 Å². The molecule has 2 heteroatoms. The number of hydrogen-bond donors (Lipinski definition) is 0. The van der Waals surface area contributed by atoms with Crippen LogP contribution in [0.3, 0.4) is 0 Å². The van der Waals surface area contributed by atoms with Crippen LogP contribution in [0.2, 0.25) is 0 Å². The lowest BCUT2D eigenvalue weighted by molar-refractivity contribution is -0.150. The summed E-state index contributed by atoms with van der Waals surface area (Å²) in [6.07, 6.45) is 4.23. The number of hydrogen-bond acceptors (Lipinski definition) is 2. The van der Waals surface area contributed by atoms with E-state index in [1.165, 1.54) is 5.57 Å². The first kappa shape index (κ1) is 11.6. The van der Waals surface area contributed by atoms with Crippen molar-refractivity contribution in [3.8, 4) is 0 Å². The quantitative estimate of drug-likeness (QED) is 0.464. The topological polar surface area (TPSA) is 34.1 Å². The van der Waals surface area contributed by atoms with Crippen LogP contribution in [0.4, 0.5) is 0 Å². The Bertz CT molecular complexity index is 331. The molecule has 0 atom stereocenters. The average molecular weight is 220 g/mol. The molecule has 0 aromatic rings. The lowest BCUT2D eigenvalue weighted by Gasteiger charge is -2.43. The molecular formula is C14H20O2. The summed E-state index contributed by atoms with van der Waals surface area (Å²) in [6, 6.07) is 0. The molecule has 16 heavy (non-hydrogen) atoms. The van der Waals surface area contributed by atoms with Crippen LogP contribution in [0.15, 0.2) is 12.2 Å². The maximum Gasteiger partial charge on any atom is 0.146 e. The summed E-state index contributed by atoms with van der Waals surface area (Å²) in [5.74, 6) is 0.363. The van der Waals surface area contributed by atoms with Crippen LogP contribution in [0, 0.1) is 10.8 Å². The predicted molar refractivity (Wildman–Crippen MR) is 63.1 cm³/mol. The summed E-state index contributed by atoms with van der Waals surface area (Å²) in [5.41, 5.74) is 0.431. The van der Waals surface area contributed by atoms with Gasteiger partial charge in [-0.05, 0) is 31.1 Å². The first-order chi connectivity index (χ1) is 7.36. The van der Waals surface area contributed by atoms with Crippen molar-refractivity contribution in [2.24, 2.45) is 10.8 Å². The van der Waals surface area contributed by atoms with Gasteiger partial charge < -0.3 is 0 Å².